The molecular weight excluding hydrogens is 207 g/mol. The Bertz CT molecular complexity index is 513. The molecule has 0 saturated carbocycles. The van der Waals surface area contributed by atoms with E-state index < -0.39 is 11.9 Å². The minimum absolute atomic E-state index is 0.0347. The molecule has 1 aromatic carbocycles. The second-order valence-corrected chi connectivity index (χ2v) is 3.21. The lowest BCUT2D eigenvalue weighted by Gasteiger charge is -2.03. The molecule has 6 heteroatoms. The van der Waals surface area contributed by atoms with Crippen LogP contribution >= 0.6 is 0 Å². The van der Waals surface area contributed by atoms with Crippen molar-refractivity contribution < 1.29 is 13.2 Å². The van der Waals surface area contributed by atoms with Gasteiger partial charge in [0, 0.05) is 12.7 Å². The number of nitrogens with zero attached hydrogens (tertiary/aromatic N) is 2. The van der Waals surface area contributed by atoms with Gasteiger partial charge in [-0.15, -0.1) is 0 Å². The number of hydrogen-bond acceptors (Lipinski definition) is 2. The molecule has 0 amide bonds. The number of nitrogens with two attached hydrogens (primary N) is 1. The van der Waals surface area contributed by atoms with Gasteiger partial charge in [0.25, 0.3) is 0 Å². The normalized spacial score (nSPS) is 12.3. The Labute approximate surface area is 83.3 Å². The number of fused-ring (bicyclic) bond motifs is 1. The summed E-state index contributed by atoms with van der Waals surface area (Å²) in [7, 11) is 1.46. The van der Waals surface area contributed by atoms with Crippen LogP contribution in [0.1, 0.15) is 5.69 Å². The lowest BCUT2D eigenvalue weighted by Crippen LogP contribution is -2.07. The van der Waals surface area contributed by atoms with Gasteiger partial charge in [0.15, 0.2) is 5.69 Å². The van der Waals surface area contributed by atoms with Gasteiger partial charge in [0.05, 0.1) is 10.9 Å². The van der Waals surface area contributed by atoms with E-state index in [9.17, 15) is 13.2 Å². The Morgan fingerprint density at radius 1 is 1.33 bits per heavy atom. The van der Waals surface area contributed by atoms with Crippen molar-refractivity contribution >= 4 is 16.6 Å². The Balaban J connectivity index is 2.88. The molecule has 2 aromatic rings. The summed E-state index contributed by atoms with van der Waals surface area (Å²) in [5, 5.41) is 3.40. The molecule has 3 nitrogen and oxygen atoms in total. The fourth-order valence-electron chi connectivity index (χ4n) is 1.54. The predicted molar refractivity (Wildman–Crippen MR) is 50.1 cm³/mol. The number of rotatable bonds is 0. The third kappa shape index (κ3) is 1.42. The molecule has 0 aliphatic rings. The number of aryl methyl sites for hydroxylation is 1. The molecule has 0 aliphatic heterocycles. The van der Waals surface area contributed by atoms with Crippen molar-refractivity contribution in [2.45, 2.75) is 6.18 Å². The first-order valence-corrected chi connectivity index (χ1v) is 4.19. The molecule has 0 fully saturated rings. The zero-order valence-corrected chi connectivity index (χ0v) is 7.84. The van der Waals surface area contributed by atoms with Crippen LogP contribution in [0.3, 0.4) is 0 Å². The van der Waals surface area contributed by atoms with Crippen LogP contribution in [0.25, 0.3) is 10.9 Å². The average molecular weight is 215 g/mol. The molecule has 0 radical (unpaired) electrons. The van der Waals surface area contributed by atoms with Crippen LogP contribution < -0.4 is 5.73 Å². The number of benzene rings is 1. The minimum atomic E-state index is -4.48. The Morgan fingerprint density at radius 3 is 2.60 bits per heavy atom. The smallest absolute Gasteiger partial charge is 0.398 e. The van der Waals surface area contributed by atoms with Gasteiger partial charge in [-0.25, -0.2) is 0 Å². The number of anilines is 1. The first kappa shape index (κ1) is 9.82. The highest BCUT2D eigenvalue weighted by Crippen LogP contribution is 2.36. The fraction of sp³-hybridized carbons (Fsp3) is 0.222. The molecule has 15 heavy (non-hydrogen) atoms. The highest BCUT2D eigenvalue weighted by atomic mass is 19.4. The molecule has 1 aromatic heterocycles. The van der Waals surface area contributed by atoms with Gasteiger partial charge in [-0.1, -0.05) is 6.07 Å². The van der Waals surface area contributed by atoms with E-state index in [0.29, 0.717) is 5.52 Å². The summed E-state index contributed by atoms with van der Waals surface area (Å²) in [5.41, 5.74) is 5.05. The van der Waals surface area contributed by atoms with Crippen LogP contribution in [-0.2, 0) is 13.2 Å². The molecule has 0 spiro atoms. The highest BCUT2D eigenvalue weighted by Gasteiger charge is 2.37. The van der Waals surface area contributed by atoms with E-state index in [1.165, 1.54) is 17.8 Å². The van der Waals surface area contributed by atoms with Crippen molar-refractivity contribution in [2.75, 3.05) is 5.73 Å². The average Bonchev–Trinajstić information content (AvgIpc) is 2.45. The summed E-state index contributed by atoms with van der Waals surface area (Å²) >= 11 is 0. The molecule has 80 valence electrons. The zero-order chi connectivity index (χ0) is 11.2. The number of nitrogen functional groups attached to an aromatic ring is 1. The standard InChI is InChI=1S/C9H8F3N3/c1-15-6-4-2-3-5(13)7(6)8(14-15)9(10,11)12/h2-4H,13H2,1H3. The third-order valence-electron chi connectivity index (χ3n) is 2.18. The SMILES string of the molecule is Cn1nc(C(F)(F)F)c2c(N)cccc21. The van der Waals surface area contributed by atoms with Gasteiger partial charge < -0.3 is 5.73 Å². The van der Waals surface area contributed by atoms with Crippen molar-refractivity contribution in [3.63, 3.8) is 0 Å². The minimum Gasteiger partial charge on any atom is -0.398 e. The van der Waals surface area contributed by atoms with Crippen molar-refractivity contribution in [3.8, 4) is 0 Å². The summed E-state index contributed by atoms with van der Waals surface area (Å²) in [5.74, 6) is 0. The maximum absolute atomic E-state index is 12.6. The second-order valence-electron chi connectivity index (χ2n) is 3.21. The number of halogens is 3. The second kappa shape index (κ2) is 2.88. The molecule has 0 unspecified atom stereocenters. The van der Waals surface area contributed by atoms with Crippen LogP contribution in [0.5, 0.6) is 0 Å². The van der Waals surface area contributed by atoms with Crippen LogP contribution in [0.2, 0.25) is 0 Å². The predicted octanol–water partition coefficient (Wildman–Crippen LogP) is 2.17. The lowest BCUT2D eigenvalue weighted by molar-refractivity contribution is -0.140. The molecular formula is C9H8F3N3. The quantitative estimate of drug-likeness (QED) is 0.684. The number of alkyl halides is 3. The van der Waals surface area contributed by atoms with Crippen LogP contribution in [0, 0.1) is 0 Å². The largest absolute Gasteiger partial charge is 0.435 e. The molecule has 2 N–H and O–H groups in total. The van der Waals surface area contributed by atoms with Gasteiger partial charge in [-0.2, -0.15) is 18.3 Å². The first-order valence-electron chi connectivity index (χ1n) is 4.19. The van der Waals surface area contributed by atoms with Crippen LogP contribution in [0.15, 0.2) is 18.2 Å². The molecule has 2 rings (SSSR count). The van der Waals surface area contributed by atoms with Crippen molar-refractivity contribution in [3.05, 3.63) is 23.9 Å². The van der Waals surface area contributed by atoms with E-state index in [2.05, 4.69) is 5.10 Å². The van der Waals surface area contributed by atoms with Crippen LogP contribution in [0.4, 0.5) is 18.9 Å². The zero-order valence-electron chi connectivity index (χ0n) is 7.84. The third-order valence-corrected chi connectivity index (χ3v) is 2.18. The van der Waals surface area contributed by atoms with E-state index in [1.54, 1.807) is 12.1 Å². The van der Waals surface area contributed by atoms with E-state index in [0.717, 1.165) is 0 Å². The Morgan fingerprint density at radius 2 is 2.00 bits per heavy atom. The molecule has 0 bridgehead atoms. The molecule has 0 atom stereocenters. The Kier molecular flexibility index (Phi) is 1.89. The summed E-state index contributed by atoms with van der Waals surface area (Å²) < 4.78 is 38.9. The summed E-state index contributed by atoms with van der Waals surface area (Å²) in [6.45, 7) is 0. The van der Waals surface area contributed by atoms with Crippen LogP contribution in [-0.4, -0.2) is 9.78 Å². The monoisotopic (exact) mass is 215 g/mol. The summed E-state index contributed by atoms with van der Waals surface area (Å²) in [6, 6.07) is 4.58. The first-order chi connectivity index (χ1) is 6.91. The lowest BCUT2D eigenvalue weighted by atomic mass is 10.1. The van der Waals surface area contributed by atoms with Gasteiger partial charge in [-0.05, 0) is 12.1 Å². The van der Waals surface area contributed by atoms with Crippen molar-refractivity contribution in [2.24, 2.45) is 7.05 Å². The molecule has 0 saturated heterocycles. The van der Waals surface area contributed by atoms with E-state index in [-0.39, 0.29) is 11.1 Å². The maximum atomic E-state index is 12.6. The van der Waals surface area contributed by atoms with Gasteiger partial charge in [-0.3, -0.25) is 4.68 Å². The topological polar surface area (TPSA) is 43.8 Å². The van der Waals surface area contributed by atoms with E-state index in [4.69, 9.17) is 5.73 Å². The van der Waals surface area contributed by atoms with Gasteiger partial charge in [0.2, 0.25) is 0 Å². The summed E-state index contributed by atoms with van der Waals surface area (Å²) in [6.07, 6.45) is -4.48. The number of aromatic nitrogens is 2. The van der Waals surface area contributed by atoms with E-state index in [1.807, 2.05) is 0 Å². The van der Waals surface area contributed by atoms with Crippen molar-refractivity contribution in [1.29, 1.82) is 0 Å². The Hall–Kier alpha value is -1.72. The van der Waals surface area contributed by atoms with Gasteiger partial charge in [0.1, 0.15) is 0 Å². The molecule has 0 aliphatic carbocycles. The number of hydrogen-bond donors (Lipinski definition) is 1. The van der Waals surface area contributed by atoms with Crippen molar-refractivity contribution in [1.82, 2.24) is 9.78 Å². The van der Waals surface area contributed by atoms with E-state index >= 15 is 0 Å². The fourth-order valence-corrected chi connectivity index (χ4v) is 1.54. The maximum Gasteiger partial charge on any atom is 0.435 e. The molecule has 1 heterocycles. The summed E-state index contributed by atoms with van der Waals surface area (Å²) in [4.78, 5) is 0. The van der Waals surface area contributed by atoms with Gasteiger partial charge >= 0.3 is 6.18 Å². The highest BCUT2D eigenvalue weighted by molar-refractivity contribution is 5.93.